The summed E-state index contributed by atoms with van der Waals surface area (Å²) in [6.07, 6.45) is 0. The van der Waals surface area contributed by atoms with E-state index in [9.17, 15) is 0 Å². The molecule has 0 fully saturated rings. The molecule has 7 heavy (non-hydrogen) atoms. The molecule has 0 saturated heterocycles. The molecule has 36 valence electrons. The molecule has 0 aliphatic heterocycles. The second-order valence-electron chi connectivity index (χ2n) is 0.238. The van der Waals surface area contributed by atoms with Crippen LogP contribution >= 0.6 is 9.19 Å². The standard InChI is InChI=1S/Na.H2O.2O.S.2Sb/h;1H2;;;;;/q+1;;2*-1;;2*+1/p-1. The zero-order valence-corrected chi connectivity index (χ0v) is 11.5. The molecule has 0 spiro atoms. The zero-order chi connectivity index (χ0) is 5.58. The van der Waals surface area contributed by atoms with Gasteiger partial charge in [0.2, 0.25) is 0 Å². The topological polar surface area (TPSA) is 66.3 Å². The summed E-state index contributed by atoms with van der Waals surface area (Å²) in [4.78, 5) is 0. The fourth-order valence-electron chi connectivity index (χ4n) is 0. The van der Waals surface area contributed by atoms with Gasteiger partial charge in [-0.25, -0.2) is 0 Å². The molecule has 0 rings (SSSR count). The summed E-state index contributed by atoms with van der Waals surface area (Å²) in [5, 5.41) is 0. The summed E-state index contributed by atoms with van der Waals surface area (Å²) in [7, 11) is 4.13. The van der Waals surface area contributed by atoms with Crippen LogP contribution in [0.5, 0.6) is 0 Å². The van der Waals surface area contributed by atoms with Crippen molar-refractivity contribution in [2.45, 2.75) is 0 Å². The summed E-state index contributed by atoms with van der Waals surface area (Å²) < 4.78 is 24.6. The van der Waals surface area contributed by atoms with E-state index in [-0.39, 0.29) is 29.6 Å². The molecule has 1 N–H and O–H groups in total. The van der Waals surface area contributed by atoms with E-state index in [1.807, 2.05) is 0 Å². The second-order valence-corrected chi connectivity index (χ2v) is 1.60. The zero-order valence-electron chi connectivity index (χ0n) is 3.57. The van der Waals surface area contributed by atoms with Gasteiger partial charge in [0.1, 0.15) is 0 Å². The first kappa shape index (κ1) is 16.4. The van der Waals surface area contributed by atoms with Crippen molar-refractivity contribution in [2.24, 2.45) is 0 Å². The molecule has 0 aromatic heterocycles. The number of hydrogen-bond donors (Lipinski definition) is 1. The quantitative estimate of drug-likeness (QED) is 0.443. The molecule has 7 heteroatoms. The summed E-state index contributed by atoms with van der Waals surface area (Å²) in [5.41, 5.74) is 0. The Morgan fingerprint density at radius 3 is 1.43 bits per heavy atom. The van der Waals surface area contributed by atoms with E-state index in [1.54, 1.807) is 0 Å². The second kappa shape index (κ2) is 15.9. The van der Waals surface area contributed by atoms with Crippen LogP contribution in [0.3, 0.4) is 0 Å². The summed E-state index contributed by atoms with van der Waals surface area (Å²) in [5.74, 6) is 0. The van der Waals surface area contributed by atoms with Gasteiger partial charge in [-0.3, -0.25) is 0 Å². The van der Waals surface area contributed by atoms with E-state index < -0.39 is 21.5 Å². The molecule has 0 bridgehead atoms. The predicted octanol–water partition coefficient (Wildman–Crippen LogP) is -6.04. The molecule has 0 saturated carbocycles. The Kier molecular flexibility index (Phi) is 37.2. The Morgan fingerprint density at radius 2 is 1.43 bits per heavy atom. The van der Waals surface area contributed by atoms with Crippen molar-refractivity contribution in [3.63, 3.8) is 0 Å². The molecule has 0 heterocycles. The number of hydrogen-bond acceptors (Lipinski definition) is 4. The van der Waals surface area contributed by atoms with Crippen LogP contribution in [0.25, 0.3) is 0 Å². The van der Waals surface area contributed by atoms with Crippen molar-refractivity contribution in [2.75, 3.05) is 0 Å². The number of rotatable bonds is 0. The minimum atomic E-state index is -3.95. The molecule has 0 aliphatic rings. The Morgan fingerprint density at radius 1 is 1.43 bits per heavy atom. The molecular formula is HNaO3SSb2. The molecule has 0 aromatic carbocycles. The van der Waals surface area contributed by atoms with Crippen molar-refractivity contribution >= 4 is 51.7 Å². The maximum atomic E-state index is 8.71. The van der Waals surface area contributed by atoms with Crippen LogP contribution in [-0.2, 0) is 0 Å². The summed E-state index contributed by atoms with van der Waals surface area (Å²) in [6.45, 7) is 0. The molecular weight excluding hydrogens is 347 g/mol. The van der Waals surface area contributed by atoms with Gasteiger partial charge >= 0.3 is 91.4 Å². The van der Waals surface area contributed by atoms with Crippen LogP contribution in [0.1, 0.15) is 0 Å². The van der Waals surface area contributed by atoms with Gasteiger partial charge in [-0.1, -0.05) is 0 Å². The van der Waals surface area contributed by atoms with Crippen LogP contribution in [0.15, 0.2) is 0 Å². The monoisotopic (exact) mass is 346 g/mol. The van der Waals surface area contributed by atoms with Crippen LogP contribution in [0, 0.1) is 0 Å². The molecule has 0 unspecified atom stereocenters. The van der Waals surface area contributed by atoms with Gasteiger partial charge in [0.25, 0.3) is 0 Å². The van der Waals surface area contributed by atoms with E-state index in [1.165, 1.54) is 21.1 Å². The van der Waals surface area contributed by atoms with E-state index in [4.69, 9.17) is 10.2 Å². The molecule has 2 radical (unpaired) electrons. The van der Waals surface area contributed by atoms with Crippen LogP contribution in [0.2, 0.25) is 0 Å². The van der Waals surface area contributed by atoms with Gasteiger partial charge in [-0.15, -0.1) is 0 Å². The summed E-state index contributed by atoms with van der Waals surface area (Å²) >= 11 is -2.62. The van der Waals surface area contributed by atoms with E-state index in [0.717, 1.165) is 0 Å². The fourth-order valence-corrected chi connectivity index (χ4v) is 0. The summed E-state index contributed by atoms with van der Waals surface area (Å²) in [6, 6.07) is 0. The first-order valence-electron chi connectivity index (χ1n) is 0.748. The van der Waals surface area contributed by atoms with Crippen LogP contribution in [-0.4, -0.2) is 45.9 Å². The molecule has 0 aliphatic carbocycles. The van der Waals surface area contributed by atoms with Gasteiger partial charge in [0.15, 0.2) is 0 Å². The maximum absolute atomic E-state index is 8.71. The third kappa shape index (κ3) is 52.9. The van der Waals surface area contributed by atoms with Crippen molar-refractivity contribution < 1.29 is 39.7 Å². The van der Waals surface area contributed by atoms with Gasteiger partial charge in [-0.05, 0) is 0 Å². The Hall–Kier alpha value is 2.74. The third-order valence-electron chi connectivity index (χ3n) is 0. The van der Waals surface area contributed by atoms with Gasteiger partial charge in [0.05, 0.1) is 0 Å². The SMILES string of the molecule is [Na+].[O-][Sb]([O-])[OH].[S]=[Sb+]. The van der Waals surface area contributed by atoms with Gasteiger partial charge in [0, 0.05) is 0 Å². The fraction of sp³-hybridized carbons (Fsp3) is 0. The van der Waals surface area contributed by atoms with E-state index >= 15 is 0 Å². The van der Waals surface area contributed by atoms with E-state index in [0.29, 0.717) is 0 Å². The first-order valence-corrected chi connectivity index (χ1v) is 7.47. The van der Waals surface area contributed by atoms with Gasteiger partial charge in [-0.2, -0.15) is 0 Å². The molecule has 0 atom stereocenters. The van der Waals surface area contributed by atoms with Crippen molar-refractivity contribution in [3.8, 4) is 0 Å². The van der Waals surface area contributed by atoms with Crippen LogP contribution < -0.4 is 36.3 Å². The molecule has 3 nitrogen and oxygen atoms in total. The Bertz CT molecular complexity index is 24.1. The van der Waals surface area contributed by atoms with E-state index in [2.05, 4.69) is 9.19 Å². The van der Waals surface area contributed by atoms with Crippen molar-refractivity contribution in [1.82, 2.24) is 0 Å². The van der Waals surface area contributed by atoms with Gasteiger partial charge < -0.3 is 0 Å². The molecule has 0 amide bonds. The Balaban J connectivity index is -0.0000000480. The van der Waals surface area contributed by atoms with Crippen molar-refractivity contribution in [3.05, 3.63) is 0 Å². The first-order chi connectivity index (χ1) is 2.73. The normalized spacial score (nSPS) is 5.71. The minimum absolute atomic E-state index is 0. The molecule has 0 aromatic rings. The average Bonchev–Trinajstić information content (AvgIpc) is 1.41. The Labute approximate surface area is 89.7 Å². The van der Waals surface area contributed by atoms with Crippen LogP contribution in [0.4, 0.5) is 0 Å². The predicted molar refractivity (Wildman–Crippen MR) is 21.3 cm³/mol. The average molecular weight is 348 g/mol. The van der Waals surface area contributed by atoms with Crippen molar-refractivity contribution in [1.29, 1.82) is 0 Å². The third-order valence-corrected chi connectivity index (χ3v) is 0.